The number of thiazole rings is 1. The fraction of sp³-hybridized carbons (Fsp3) is 0.171. The Morgan fingerprint density at radius 2 is 1.72 bits per heavy atom. The summed E-state index contributed by atoms with van der Waals surface area (Å²) in [4.78, 5) is 33.1. The van der Waals surface area contributed by atoms with E-state index >= 15 is 0 Å². The second-order valence-electron chi connectivity index (χ2n) is 10.5. The van der Waals surface area contributed by atoms with Crippen LogP contribution in [-0.4, -0.2) is 17.1 Å². The summed E-state index contributed by atoms with van der Waals surface area (Å²) in [7, 11) is 0. The largest absolute Gasteiger partial charge is 0.463 e. The van der Waals surface area contributed by atoms with E-state index in [2.05, 4.69) is 13.8 Å². The number of halogens is 1. The first-order chi connectivity index (χ1) is 20.8. The van der Waals surface area contributed by atoms with E-state index in [0.717, 1.165) is 22.3 Å². The van der Waals surface area contributed by atoms with Crippen LogP contribution < -0.4 is 14.9 Å². The van der Waals surface area contributed by atoms with Gasteiger partial charge in [-0.05, 0) is 60.4 Å². The van der Waals surface area contributed by atoms with Crippen LogP contribution in [-0.2, 0) is 9.53 Å². The molecule has 0 fully saturated rings. The van der Waals surface area contributed by atoms with Gasteiger partial charge >= 0.3 is 5.97 Å². The highest BCUT2D eigenvalue weighted by Crippen LogP contribution is 2.35. The molecule has 1 aliphatic rings. The van der Waals surface area contributed by atoms with E-state index in [1.54, 1.807) is 29.7 Å². The molecule has 0 amide bonds. The first kappa shape index (κ1) is 28.6. The predicted molar refractivity (Wildman–Crippen MR) is 171 cm³/mol. The van der Waals surface area contributed by atoms with Gasteiger partial charge in [-0.1, -0.05) is 91.4 Å². The smallest absolute Gasteiger partial charge is 0.338 e. The number of furan rings is 1. The molecule has 43 heavy (non-hydrogen) atoms. The van der Waals surface area contributed by atoms with Gasteiger partial charge in [-0.25, -0.2) is 9.79 Å². The maximum Gasteiger partial charge on any atom is 0.338 e. The highest BCUT2D eigenvalue weighted by Gasteiger charge is 2.35. The zero-order valence-electron chi connectivity index (χ0n) is 23.9. The molecule has 0 saturated carbocycles. The number of hydrogen-bond donors (Lipinski definition) is 0. The summed E-state index contributed by atoms with van der Waals surface area (Å²) in [5.41, 5.74) is 4.16. The highest BCUT2D eigenvalue weighted by molar-refractivity contribution is 7.07. The molecule has 0 N–H and O–H groups in total. The summed E-state index contributed by atoms with van der Waals surface area (Å²) in [5.74, 6) is 1.02. The molecule has 3 aromatic carbocycles. The van der Waals surface area contributed by atoms with Crippen LogP contribution in [0.4, 0.5) is 0 Å². The van der Waals surface area contributed by atoms with E-state index < -0.39 is 12.0 Å². The molecule has 0 spiro atoms. The Labute approximate surface area is 257 Å². The minimum atomic E-state index is -0.727. The summed E-state index contributed by atoms with van der Waals surface area (Å²) < 4.78 is 13.7. The molecule has 6 nitrogen and oxygen atoms in total. The van der Waals surface area contributed by atoms with Crippen molar-refractivity contribution in [1.29, 1.82) is 0 Å². The number of benzene rings is 3. The number of carbonyl (C=O) groups excluding carboxylic acids is 1. The lowest BCUT2D eigenvalue weighted by molar-refractivity contribution is -0.138. The number of carbonyl (C=O) groups is 1. The van der Waals surface area contributed by atoms with Crippen molar-refractivity contribution in [1.82, 2.24) is 4.57 Å². The monoisotopic (exact) mass is 608 g/mol. The number of fused-ring (bicyclic) bond motifs is 1. The van der Waals surface area contributed by atoms with E-state index in [-0.39, 0.29) is 12.2 Å². The van der Waals surface area contributed by atoms with Crippen molar-refractivity contribution < 1.29 is 13.9 Å². The SMILES string of the molecule is CCOC(=O)C1=C(c2ccccc2)N=c2s/c(=C\c3ccc(-c4ccc(Cl)cc4)o3)c(=O)n2[C@@H]1c1ccc(C(C)C)cc1. The van der Waals surface area contributed by atoms with E-state index in [0.29, 0.717) is 43.1 Å². The topological polar surface area (TPSA) is 73.8 Å². The average Bonchev–Trinajstić information content (AvgIpc) is 3.61. The van der Waals surface area contributed by atoms with E-state index in [4.69, 9.17) is 25.7 Å². The summed E-state index contributed by atoms with van der Waals surface area (Å²) in [6.45, 7) is 6.22. The molecule has 216 valence electrons. The van der Waals surface area contributed by atoms with Gasteiger partial charge in [0.25, 0.3) is 5.56 Å². The van der Waals surface area contributed by atoms with Crippen LogP contribution in [0.25, 0.3) is 23.1 Å². The first-order valence-electron chi connectivity index (χ1n) is 14.1. The Morgan fingerprint density at radius 3 is 2.40 bits per heavy atom. The van der Waals surface area contributed by atoms with Crippen LogP contribution >= 0.6 is 22.9 Å². The van der Waals surface area contributed by atoms with Crippen LogP contribution in [0.1, 0.15) is 55.2 Å². The van der Waals surface area contributed by atoms with Gasteiger partial charge in [-0.15, -0.1) is 0 Å². The fourth-order valence-corrected chi connectivity index (χ4v) is 6.25. The maximum absolute atomic E-state index is 14.1. The minimum Gasteiger partial charge on any atom is -0.463 e. The Balaban J connectivity index is 1.55. The van der Waals surface area contributed by atoms with Gasteiger partial charge in [0, 0.05) is 22.2 Å². The maximum atomic E-state index is 14.1. The summed E-state index contributed by atoms with van der Waals surface area (Å²) >= 11 is 7.30. The van der Waals surface area contributed by atoms with Crippen molar-refractivity contribution in [3.63, 3.8) is 0 Å². The van der Waals surface area contributed by atoms with Crippen molar-refractivity contribution >= 4 is 40.7 Å². The quantitative estimate of drug-likeness (QED) is 0.187. The molecule has 0 aliphatic carbocycles. The van der Waals surface area contributed by atoms with Crippen molar-refractivity contribution in [2.45, 2.75) is 32.7 Å². The van der Waals surface area contributed by atoms with Crippen LogP contribution in [0.15, 0.2) is 111 Å². The third-order valence-electron chi connectivity index (χ3n) is 7.32. The third kappa shape index (κ3) is 5.66. The molecular weight excluding hydrogens is 580 g/mol. The third-order valence-corrected chi connectivity index (χ3v) is 8.56. The average molecular weight is 609 g/mol. The van der Waals surface area contributed by atoms with Gasteiger partial charge in [-0.3, -0.25) is 9.36 Å². The molecule has 0 radical (unpaired) electrons. The van der Waals surface area contributed by atoms with Gasteiger partial charge in [-0.2, -0.15) is 0 Å². The molecule has 3 heterocycles. The molecule has 1 aliphatic heterocycles. The number of ether oxygens (including phenoxy) is 1. The van der Waals surface area contributed by atoms with Crippen molar-refractivity contribution in [2.75, 3.05) is 6.61 Å². The molecule has 0 saturated heterocycles. The minimum absolute atomic E-state index is 0.197. The van der Waals surface area contributed by atoms with Crippen LogP contribution in [0.2, 0.25) is 5.02 Å². The fourth-order valence-electron chi connectivity index (χ4n) is 5.15. The zero-order chi connectivity index (χ0) is 30.1. The van der Waals surface area contributed by atoms with Gasteiger partial charge in [0.1, 0.15) is 11.5 Å². The molecular formula is C35H29ClN2O4S. The second kappa shape index (κ2) is 12.0. The Hall–Kier alpha value is -4.46. The Kier molecular flexibility index (Phi) is 8.02. The van der Waals surface area contributed by atoms with Crippen molar-refractivity contribution in [3.8, 4) is 11.3 Å². The van der Waals surface area contributed by atoms with Crippen LogP contribution in [0, 0.1) is 0 Å². The van der Waals surface area contributed by atoms with Gasteiger partial charge < -0.3 is 9.15 Å². The Morgan fingerprint density at radius 1 is 1.00 bits per heavy atom. The molecule has 5 aromatic rings. The number of rotatable bonds is 7. The van der Waals surface area contributed by atoms with E-state index in [1.165, 1.54) is 11.3 Å². The lowest BCUT2D eigenvalue weighted by atomic mass is 9.91. The van der Waals surface area contributed by atoms with Crippen LogP contribution in [0.5, 0.6) is 0 Å². The second-order valence-corrected chi connectivity index (χ2v) is 11.9. The molecule has 1 atom stereocenters. The first-order valence-corrected chi connectivity index (χ1v) is 15.3. The van der Waals surface area contributed by atoms with Gasteiger partial charge in [0.05, 0.1) is 28.5 Å². The number of nitrogens with zero attached hydrogens (tertiary/aromatic N) is 2. The van der Waals surface area contributed by atoms with Crippen molar-refractivity contribution in [2.24, 2.45) is 4.99 Å². The van der Waals surface area contributed by atoms with Crippen LogP contribution in [0.3, 0.4) is 0 Å². The van der Waals surface area contributed by atoms with Gasteiger partial charge in [0.15, 0.2) is 4.80 Å². The lowest BCUT2D eigenvalue weighted by Gasteiger charge is -2.26. The van der Waals surface area contributed by atoms with E-state index in [9.17, 15) is 9.59 Å². The number of esters is 1. The molecule has 2 aromatic heterocycles. The van der Waals surface area contributed by atoms with Gasteiger partial charge in [0.2, 0.25) is 0 Å². The lowest BCUT2D eigenvalue weighted by Crippen LogP contribution is -2.40. The van der Waals surface area contributed by atoms with Crippen molar-refractivity contribution in [3.05, 3.63) is 144 Å². The Bertz CT molecular complexity index is 2000. The molecule has 0 unspecified atom stereocenters. The summed E-state index contributed by atoms with van der Waals surface area (Å²) in [6.07, 6.45) is 1.72. The summed E-state index contributed by atoms with van der Waals surface area (Å²) in [5, 5.41) is 0.641. The highest BCUT2D eigenvalue weighted by atomic mass is 35.5. The van der Waals surface area contributed by atoms with E-state index in [1.807, 2.05) is 78.9 Å². The molecule has 6 rings (SSSR count). The zero-order valence-corrected chi connectivity index (χ0v) is 25.5. The summed E-state index contributed by atoms with van der Waals surface area (Å²) in [6, 6.07) is 27.9. The standard InChI is InChI=1S/C35H29ClN2O4S/c1-4-41-34(40)30-31(24-8-6-5-7-9-24)37-35-38(32(30)25-12-10-22(11-13-25)21(2)3)33(39)29(43-35)20-27-18-19-28(42-27)23-14-16-26(36)17-15-23/h5-21,32H,4H2,1-3H3/b29-20-/t32-/m1/s1. The molecule has 0 bridgehead atoms. The number of hydrogen-bond acceptors (Lipinski definition) is 6. The number of aromatic nitrogens is 1. The predicted octanol–water partition coefficient (Wildman–Crippen LogP) is 6.97. The normalized spacial score (nSPS) is 15.0. The molecule has 8 heteroatoms.